The van der Waals surface area contributed by atoms with E-state index in [4.69, 9.17) is 24.7 Å². The molecule has 0 fully saturated rings. The Kier molecular flexibility index (Phi) is 4.86. The minimum absolute atomic E-state index is 0.152. The summed E-state index contributed by atoms with van der Waals surface area (Å²) in [5.74, 6) is 1.64. The van der Waals surface area contributed by atoms with Gasteiger partial charge in [0.25, 0.3) is 0 Å². The molecule has 1 aliphatic rings. The smallest absolute Gasteiger partial charge is 0.130 e. The zero-order valence-electron chi connectivity index (χ0n) is 12.6. The Morgan fingerprint density at radius 2 is 1.95 bits per heavy atom. The largest absolute Gasteiger partial charge is 0.496 e. The molecule has 0 saturated carbocycles. The monoisotopic (exact) mass is 281 g/mol. The third kappa shape index (κ3) is 2.61. The van der Waals surface area contributed by atoms with Crippen LogP contribution in [0.5, 0.6) is 11.5 Å². The molecule has 2 N–H and O–H groups in total. The lowest BCUT2D eigenvalue weighted by Gasteiger charge is -2.28. The lowest BCUT2D eigenvalue weighted by atomic mass is 9.93. The van der Waals surface area contributed by atoms with Crippen LogP contribution in [-0.2, 0) is 22.5 Å². The third-order valence-electron chi connectivity index (χ3n) is 3.69. The molecule has 1 heterocycles. The van der Waals surface area contributed by atoms with Crippen LogP contribution in [0.2, 0.25) is 0 Å². The highest BCUT2D eigenvalue weighted by Crippen LogP contribution is 2.41. The van der Waals surface area contributed by atoms with Gasteiger partial charge >= 0.3 is 0 Å². The first-order valence-corrected chi connectivity index (χ1v) is 6.76. The average molecular weight is 281 g/mol. The molecule has 0 radical (unpaired) electrons. The molecule has 0 spiro atoms. The number of hydrogen-bond acceptors (Lipinski definition) is 5. The quantitative estimate of drug-likeness (QED) is 0.892. The predicted molar refractivity (Wildman–Crippen MR) is 76.3 cm³/mol. The summed E-state index contributed by atoms with van der Waals surface area (Å²) in [6, 6.07) is 1.82. The van der Waals surface area contributed by atoms with Crippen LogP contribution in [0.15, 0.2) is 6.07 Å². The van der Waals surface area contributed by atoms with Gasteiger partial charge in [-0.25, -0.2) is 0 Å². The number of ether oxygens (including phenoxy) is 4. The van der Waals surface area contributed by atoms with Crippen molar-refractivity contribution < 1.29 is 18.9 Å². The molecule has 1 aromatic rings. The van der Waals surface area contributed by atoms with Crippen molar-refractivity contribution in [1.82, 2.24) is 0 Å². The summed E-state index contributed by atoms with van der Waals surface area (Å²) in [4.78, 5) is 0. The highest BCUT2D eigenvalue weighted by atomic mass is 16.5. The van der Waals surface area contributed by atoms with Gasteiger partial charge in [-0.05, 0) is 19.4 Å². The van der Waals surface area contributed by atoms with Crippen molar-refractivity contribution in [2.24, 2.45) is 5.73 Å². The van der Waals surface area contributed by atoms with Crippen LogP contribution in [0.25, 0.3) is 0 Å². The molecule has 0 unspecified atom stereocenters. The van der Waals surface area contributed by atoms with E-state index in [0.717, 1.165) is 34.6 Å². The molecule has 2 rings (SSSR count). The molecular formula is C15H23NO4. The molecular weight excluding hydrogens is 258 g/mol. The minimum atomic E-state index is -0.244. The van der Waals surface area contributed by atoms with Crippen molar-refractivity contribution >= 4 is 0 Å². The molecule has 0 bridgehead atoms. The number of benzene rings is 1. The lowest BCUT2D eigenvalue weighted by Crippen LogP contribution is -2.27. The van der Waals surface area contributed by atoms with Crippen LogP contribution in [0.3, 0.4) is 0 Å². The summed E-state index contributed by atoms with van der Waals surface area (Å²) in [7, 11) is 4.99. The molecule has 112 valence electrons. The average Bonchev–Trinajstić information content (AvgIpc) is 2.46. The molecule has 5 heteroatoms. The van der Waals surface area contributed by atoms with Gasteiger partial charge in [0.2, 0.25) is 0 Å². The van der Waals surface area contributed by atoms with Crippen LogP contribution in [0.4, 0.5) is 0 Å². The van der Waals surface area contributed by atoms with Crippen LogP contribution in [0.1, 0.15) is 29.7 Å². The van der Waals surface area contributed by atoms with Gasteiger partial charge in [0.05, 0.1) is 27.4 Å². The third-order valence-corrected chi connectivity index (χ3v) is 3.69. The standard InChI is InChI=1S/C15H23NO4/c1-9(16)14(18-3)11-7-13(17-2)10-5-6-20-8-12(10)15(11)19-4/h7,9,14H,5-6,8,16H2,1-4H3/t9-,14+/m0/s1. The van der Waals surface area contributed by atoms with Crippen molar-refractivity contribution in [2.75, 3.05) is 27.9 Å². The van der Waals surface area contributed by atoms with Gasteiger partial charge in [0.1, 0.15) is 17.6 Å². The van der Waals surface area contributed by atoms with E-state index in [-0.39, 0.29) is 12.1 Å². The second-order valence-corrected chi connectivity index (χ2v) is 4.98. The minimum Gasteiger partial charge on any atom is -0.496 e. The van der Waals surface area contributed by atoms with Crippen molar-refractivity contribution in [3.63, 3.8) is 0 Å². The second-order valence-electron chi connectivity index (χ2n) is 4.98. The van der Waals surface area contributed by atoms with Gasteiger partial charge in [-0.3, -0.25) is 0 Å². The van der Waals surface area contributed by atoms with Crippen molar-refractivity contribution in [3.8, 4) is 11.5 Å². The molecule has 2 atom stereocenters. The number of fused-ring (bicyclic) bond motifs is 1. The first kappa shape index (κ1) is 15.1. The van der Waals surface area contributed by atoms with Gasteiger partial charge in [-0.2, -0.15) is 0 Å². The Morgan fingerprint density at radius 1 is 1.20 bits per heavy atom. The van der Waals surface area contributed by atoms with E-state index in [1.165, 1.54) is 0 Å². The SMILES string of the molecule is COc1cc([C@H](OC)[C@H](C)N)c(OC)c2c1CCOC2. The summed E-state index contributed by atoms with van der Waals surface area (Å²) in [6.45, 7) is 3.14. The second kappa shape index (κ2) is 6.43. The Balaban J connectivity index is 2.61. The van der Waals surface area contributed by atoms with Crippen molar-refractivity contribution in [2.45, 2.75) is 32.1 Å². The number of nitrogens with two attached hydrogens (primary N) is 1. The Labute approximate surface area is 120 Å². The van der Waals surface area contributed by atoms with E-state index in [0.29, 0.717) is 13.2 Å². The predicted octanol–water partition coefficient (Wildman–Crippen LogP) is 1.81. The van der Waals surface area contributed by atoms with E-state index in [2.05, 4.69) is 0 Å². The molecule has 0 saturated heterocycles. The summed E-state index contributed by atoms with van der Waals surface area (Å²) in [5.41, 5.74) is 9.12. The van der Waals surface area contributed by atoms with Gasteiger partial charge in [-0.15, -0.1) is 0 Å². The van der Waals surface area contributed by atoms with Crippen LogP contribution in [-0.4, -0.2) is 34.0 Å². The Morgan fingerprint density at radius 3 is 2.50 bits per heavy atom. The summed E-state index contributed by atoms with van der Waals surface area (Å²) in [6.07, 6.45) is 0.580. The Bertz CT molecular complexity index is 473. The molecule has 1 aromatic carbocycles. The fourth-order valence-electron chi connectivity index (χ4n) is 2.79. The number of methoxy groups -OCH3 is 3. The van der Waals surface area contributed by atoms with E-state index in [9.17, 15) is 0 Å². The van der Waals surface area contributed by atoms with Gasteiger partial charge in [0.15, 0.2) is 0 Å². The van der Waals surface area contributed by atoms with Crippen LogP contribution < -0.4 is 15.2 Å². The van der Waals surface area contributed by atoms with E-state index in [1.54, 1.807) is 21.3 Å². The molecule has 0 amide bonds. The maximum Gasteiger partial charge on any atom is 0.130 e. The van der Waals surface area contributed by atoms with Crippen molar-refractivity contribution in [3.05, 3.63) is 22.8 Å². The summed E-state index contributed by atoms with van der Waals surface area (Å²) >= 11 is 0. The maximum absolute atomic E-state index is 6.02. The summed E-state index contributed by atoms with van der Waals surface area (Å²) in [5, 5.41) is 0. The van der Waals surface area contributed by atoms with Crippen molar-refractivity contribution in [1.29, 1.82) is 0 Å². The topological polar surface area (TPSA) is 62.9 Å². The van der Waals surface area contributed by atoms with Crippen LogP contribution >= 0.6 is 0 Å². The molecule has 0 aromatic heterocycles. The normalized spacial score (nSPS) is 17.2. The highest BCUT2D eigenvalue weighted by Gasteiger charge is 2.27. The first-order chi connectivity index (χ1) is 9.63. The molecule has 5 nitrogen and oxygen atoms in total. The lowest BCUT2D eigenvalue weighted by molar-refractivity contribution is 0.0804. The molecule has 20 heavy (non-hydrogen) atoms. The highest BCUT2D eigenvalue weighted by molar-refractivity contribution is 5.55. The molecule has 1 aliphatic heterocycles. The summed E-state index contributed by atoms with van der Waals surface area (Å²) < 4.78 is 22.2. The maximum atomic E-state index is 6.02. The fraction of sp³-hybridized carbons (Fsp3) is 0.600. The van der Waals surface area contributed by atoms with E-state index < -0.39 is 0 Å². The van der Waals surface area contributed by atoms with Gasteiger partial charge < -0.3 is 24.7 Å². The zero-order chi connectivity index (χ0) is 14.7. The van der Waals surface area contributed by atoms with Gasteiger partial charge in [-0.1, -0.05) is 0 Å². The van der Waals surface area contributed by atoms with E-state index in [1.807, 2.05) is 13.0 Å². The Hall–Kier alpha value is -1.30. The number of rotatable bonds is 5. The van der Waals surface area contributed by atoms with Crippen LogP contribution in [0, 0.1) is 0 Å². The fourth-order valence-corrected chi connectivity index (χ4v) is 2.79. The van der Waals surface area contributed by atoms with Gasteiger partial charge in [0, 0.05) is 29.8 Å². The first-order valence-electron chi connectivity index (χ1n) is 6.76. The molecule has 0 aliphatic carbocycles. The number of hydrogen-bond donors (Lipinski definition) is 1. The van der Waals surface area contributed by atoms with E-state index >= 15 is 0 Å². The zero-order valence-corrected chi connectivity index (χ0v) is 12.6.